The third kappa shape index (κ3) is 4.77. The molecule has 1 unspecified atom stereocenters. The van der Waals surface area contributed by atoms with Crippen LogP contribution in [-0.4, -0.2) is 57.8 Å². The number of rotatable bonds is 7. The fourth-order valence-corrected chi connectivity index (χ4v) is 4.95. The lowest BCUT2D eigenvalue weighted by molar-refractivity contribution is -0.127. The van der Waals surface area contributed by atoms with Gasteiger partial charge in [0.05, 0.1) is 16.0 Å². The van der Waals surface area contributed by atoms with E-state index in [1.807, 2.05) is 31.2 Å². The highest BCUT2D eigenvalue weighted by Crippen LogP contribution is 2.32. The maximum atomic E-state index is 13.0. The molecule has 2 heterocycles. The number of imide groups is 2. The molecule has 0 spiro atoms. The highest BCUT2D eigenvalue weighted by molar-refractivity contribution is 8.18. The molecular weight excluding hydrogens is 466 g/mol. The van der Waals surface area contributed by atoms with Gasteiger partial charge in [0.15, 0.2) is 0 Å². The number of carbonyl (C=O) groups is 5. The second-order valence-electron chi connectivity index (χ2n) is 8.75. The molecule has 2 aliphatic rings. The Morgan fingerprint density at radius 2 is 1.54 bits per heavy atom. The van der Waals surface area contributed by atoms with E-state index in [-0.39, 0.29) is 30.1 Å². The third-order valence-corrected chi connectivity index (χ3v) is 6.79. The molecule has 180 valence electrons. The summed E-state index contributed by atoms with van der Waals surface area (Å²) in [6.07, 6.45) is 1.67. The number of benzene rings is 2. The van der Waals surface area contributed by atoms with Crippen LogP contribution < -0.4 is 5.32 Å². The normalized spacial score (nSPS) is 17.5. The first-order chi connectivity index (χ1) is 16.7. The Balaban J connectivity index is 1.40. The average Bonchev–Trinajstić information content (AvgIpc) is 3.23. The van der Waals surface area contributed by atoms with Crippen molar-refractivity contribution in [1.82, 2.24) is 15.1 Å². The van der Waals surface area contributed by atoms with Gasteiger partial charge in [-0.25, -0.2) is 0 Å². The minimum absolute atomic E-state index is 0.00107. The van der Waals surface area contributed by atoms with Crippen LogP contribution in [-0.2, 0) is 9.59 Å². The topological polar surface area (TPSA) is 104 Å². The van der Waals surface area contributed by atoms with Gasteiger partial charge >= 0.3 is 0 Å². The van der Waals surface area contributed by atoms with Crippen LogP contribution >= 0.6 is 11.8 Å². The Hall–Kier alpha value is -3.72. The molecule has 4 rings (SSSR count). The Morgan fingerprint density at radius 1 is 0.943 bits per heavy atom. The van der Waals surface area contributed by atoms with Gasteiger partial charge in [-0.3, -0.25) is 33.8 Å². The van der Waals surface area contributed by atoms with Crippen molar-refractivity contribution in [1.29, 1.82) is 0 Å². The van der Waals surface area contributed by atoms with Gasteiger partial charge in [-0.2, -0.15) is 0 Å². The van der Waals surface area contributed by atoms with Gasteiger partial charge < -0.3 is 5.32 Å². The number of amides is 5. The predicted molar refractivity (Wildman–Crippen MR) is 132 cm³/mol. The van der Waals surface area contributed by atoms with Crippen LogP contribution in [0.1, 0.15) is 45.7 Å². The molecule has 2 aromatic rings. The largest absolute Gasteiger partial charge is 0.352 e. The number of hydrogen-bond acceptors (Lipinski definition) is 6. The molecule has 2 aliphatic heterocycles. The van der Waals surface area contributed by atoms with Crippen molar-refractivity contribution in [3.63, 3.8) is 0 Å². The third-order valence-electron chi connectivity index (χ3n) is 5.89. The number of hydrogen-bond donors (Lipinski definition) is 1. The van der Waals surface area contributed by atoms with Crippen LogP contribution in [0.3, 0.4) is 0 Å². The number of nitrogens with one attached hydrogen (secondary N) is 1. The van der Waals surface area contributed by atoms with Gasteiger partial charge in [-0.05, 0) is 48.4 Å². The maximum absolute atomic E-state index is 13.0. The van der Waals surface area contributed by atoms with E-state index in [1.54, 1.807) is 44.2 Å². The van der Waals surface area contributed by atoms with Gasteiger partial charge in [0.25, 0.3) is 23.0 Å². The van der Waals surface area contributed by atoms with Crippen molar-refractivity contribution in [3.05, 3.63) is 75.7 Å². The zero-order valence-corrected chi connectivity index (χ0v) is 20.4. The van der Waals surface area contributed by atoms with Crippen molar-refractivity contribution >= 4 is 46.7 Å². The summed E-state index contributed by atoms with van der Waals surface area (Å²) in [5.74, 6) is -2.29. The van der Waals surface area contributed by atoms with Crippen LogP contribution in [0.2, 0.25) is 0 Å². The molecule has 0 aliphatic carbocycles. The van der Waals surface area contributed by atoms with Crippen LogP contribution in [0.25, 0.3) is 6.08 Å². The lowest BCUT2D eigenvalue weighted by Crippen LogP contribution is -2.53. The number of thioether (sulfide) groups is 1. The van der Waals surface area contributed by atoms with Crippen molar-refractivity contribution in [2.75, 3.05) is 13.1 Å². The molecule has 0 saturated carbocycles. The highest BCUT2D eigenvalue weighted by Gasteiger charge is 2.44. The average molecular weight is 492 g/mol. The zero-order valence-electron chi connectivity index (χ0n) is 19.6. The van der Waals surface area contributed by atoms with Crippen molar-refractivity contribution in [2.45, 2.75) is 26.8 Å². The lowest BCUT2D eigenvalue weighted by Gasteiger charge is -2.28. The van der Waals surface area contributed by atoms with Crippen LogP contribution in [0, 0.1) is 12.8 Å². The molecule has 1 atom stereocenters. The fraction of sp³-hybridized carbons (Fsp3) is 0.269. The van der Waals surface area contributed by atoms with E-state index in [9.17, 15) is 24.0 Å². The predicted octanol–water partition coefficient (Wildman–Crippen LogP) is 3.47. The highest BCUT2D eigenvalue weighted by atomic mass is 32.2. The number of nitrogens with zero attached hydrogens (tertiary/aromatic N) is 2. The molecule has 0 aromatic heterocycles. The van der Waals surface area contributed by atoms with E-state index in [0.29, 0.717) is 4.91 Å². The summed E-state index contributed by atoms with van der Waals surface area (Å²) in [6, 6.07) is 13.0. The summed E-state index contributed by atoms with van der Waals surface area (Å²) in [7, 11) is 0. The molecule has 5 amide bonds. The molecular formula is C26H25N3O5S. The van der Waals surface area contributed by atoms with E-state index in [1.165, 1.54) is 0 Å². The second-order valence-corrected chi connectivity index (χ2v) is 9.74. The van der Waals surface area contributed by atoms with Gasteiger partial charge in [0.2, 0.25) is 5.91 Å². The van der Waals surface area contributed by atoms with Crippen LogP contribution in [0.15, 0.2) is 53.4 Å². The molecule has 35 heavy (non-hydrogen) atoms. The first kappa shape index (κ1) is 24.4. The Bertz CT molecular complexity index is 1220. The minimum Gasteiger partial charge on any atom is -0.352 e. The second kappa shape index (κ2) is 9.87. The lowest BCUT2D eigenvalue weighted by atomic mass is 10.0. The monoisotopic (exact) mass is 491 g/mol. The number of fused-ring (bicyclic) bond motifs is 1. The van der Waals surface area contributed by atoms with Crippen molar-refractivity contribution in [3.8, 4) is 0 Å². The Labute approximate surface area is 207 Å². The van der Waals surface area contributed by atoms with Gasteiger partial charge in [0.1, 0.15) is 6.04 Å². The van der Waals surface area contributed by atoms with Crippen LogP contribution in [0.5, 0.6) is 0 Å². The summed E-state index contributed by atoms with van der Waals surface area (Å²) in [5.41, 5.74) is 2.45. The zero-order chi connectivity index (χ0) is 25.3. The summed E-state index contributed by atoms with van der Waals surface area (Å²) < 4.78 is 0. The first-order valence-corrected chi connectivity index (χ1v) is 12.1. The quantitative estimate of drug-likeness (QED) is 0.470. The molecule has 9 heteroatoms. The van der Waals surface area contributed by atoms with E-state index in [4.69, 9.17) is 0 Å². The molecule has 2 aromatic carbocycles. The fourth-order valence-electron chi connectivity index (χ4n) is 4.08. The summed E-state index contributed by atoms with van der Waals surface area (Å²) in [5, 5.41) is 2.27. The molecule has 1 saturated heterocycles. The summed E-state index contributed by atoms with van der Waals surface area (Å²) >= 11 is 0.853. The van der Waals surface area contributed by atoms with Gasteiger partial charge in [-0.1, -0.05) is 55.8 Å². The standard InChI is InChI=1S/C26H25N3O5S/c1-15(2)21(29-23(31)18-6-4-5-7-19(18)24(29)32)22(30)27-12-13-28-25(33)20(35-26(28)34)14-17-10-8-16(3)9-11-17/h4-11,14-15,21H,12-13H2,1-3H3,(H,27,30)/b20-14+. The van der Waals surface area contributed by atoms with E-state index >= 15 is 0 Å². The first-order valence-electron chi connectivity index (χ1n) is 11.3. The maximum Gasteiger partial charge on any atom is 0.293 e. The van der Waals surface area contributed by atoms with Crippen molar-refractivity contribution in [2.24, 2.45) is 5.92 Å². The Morgan fingerprint density at radius 3 is 2.11 bits per heavy atom. The number of carbonyl (C=O) groups excluding carboxylic acids is 5. The van der Waals surface area contributed by atoms with E-state index < -0.39 is 34.9 Å². The van der Waals surface area contributed by atoms with E-state index in [2.05, 4.69) is 5.32 Å². The summed E-state index contributed by atoms with van der Waals surface area (Å²) in [6.45, 7) is 5.44. The van der Waals surface area contributed by atoms with E-state index in [0.717, 1.165) is 32.7 Å². The molecule has 0 radical (unpaired) electrons. The SMILES string of the molecule is Cc1ccc(/C=C2/SC(=O)N(CCNC(=O)C(C(C)C)N3C(=O)c4ccccc4C3=O)C2=O)cc1. The van der Waals surface area contributed by atoms with Crippen molar-refractivity contribution < 1.29 is 24.0 Å². The Kier molecular flexibility index (Phi) is 6.88. The number of aryl methyl sites for hydroxylation is 1. The van der Waals surface area contributed by atoms with Crippen LogP contribution in [0.4, 0.5) is 4.79 Å². The van der Waals surface area contributed by atoms with Gasteiger partial charge in [0, 0.05) is 13.1 Å². The summed E-state index contributed by atoms with van der Waals surface area (Å²) in [4.78, 5) is 66.2. The van der Waals surface area contributed by atoms with Gasteiger partial charge in [-0.15, -0.1) is 0 Å². The smallest absolute Gasteiger partial charge is 0.293 e. The minimum atomic E-state index is -1.02. The molecule has 8 nitrogen and oxygen atoms in total. The molecule has 1 fully saturated rings. The molecule has 1 N–H and O–H groups in total. The molecule has 0 bridgehead atoms.